The van der Waals surface area contributed by atoms with Crippen LogP contribution < -0.4 is 4.74 Å². The lowest BCUT2D eigenvalue weighted by atomic mass is 10.00. The summed E-state index contributed by atoms with van der Waals surface area (Å²) in [7, 11) is 1.62. The molecule has 2 rings (SSSR count). The Balaban J connectivity index is 0.00000106. The Morgan fingerprint density at radius 2 is 1.86 bits per heavy atom. The number of nitro groups is 1. The molecule has 112 valence electrons. The van der Waals surface area contributed by atoms with E-state index in [2.05, 4.69) is 0 Å². The normalized spacial score (nSPS) is 9.52. The second-order valence-electron chi connectivity index (χ2n) is 4.40. The Hall–Kier alpha value is -2.36. The average molecular weight is 287 g/mol. The minimum absolute atomic E-state index is 0.128. The second-order valence-corrected chi connectivity index (χ2v) is 4.40. The lowest BCUT2D eigenvalue weighted by Crippen LogP contribution is -1.95. The van der Waals surface area contributed by atoms with Crippen LogP contribution in [0.3, 0.4) is 0 Å². The van der Waals surface area contributed by atoms with Crippen molar-refractivity contribution in [1.82, 2.24) is 0 Å². The lowest BCUT2D eigenvalue weighted by Gasteiger charge is -2.07. The molecule has 0 aromatic heterocycles. The van der Waals surface area contributed by atoms with Crippen LogP contribution in [-0.4, -0.2) is 12.0 Å². The van der Waals surface area contributed by atoms with Crippen molar-refractivity contribution in [3.8, 4) is 5.75 Å². The Bertz CT molecular complexity index is 609. The van der Waals surface area contributed by atoms with Gasteiger partial charge in [-0.2, -0.15) is 0 Å². The summed E-state index contributed by atoms with van der Waals surface area (Å²) in [5.74, 6) is 0.792. The van der Waals surface area contributed by atoms with E-state index in [1.807, 2.05) is 45.0 Å². The summed E-state index contributed by atoms with van der Waals surface area (Å²) >= 11 is 0. The number of nitro benzene ring substituents is 1. The van der Waals surface area contributed by atoms with Gasteiger partial charge in [-0.05, 0) is 42.2 Å². The quantitative estimate of drug-likeness (QED) is 0.613. The number of ether oxygens (including phenoxy) is 1. The summed E-state index contributed by atoms with van der Waals surface area (Å²) in [6.07, 6.45) is 0.657. The predicted octanol–water partition coefficient (Wildman–Crippen LogP) is 4.53. The SMILES string of the molecule is CC.COc1cccc(Cc2cc([N+](=O)[O-])ccc2C)c1. The smallest absolute Gasteiger partial charge is 0.269 e. The third kappa shape index (κ3) is 4.60. The van der Waals surface area contributed by atoms with E-state index >= 15 is 0 Å². The summed E-state index contributed by atoms with van der Waals surface area (Å²) in [4.78, 5) is 10.4. The van der Waals surface area contributed by atoms with Gasteiger partial charge in [0, 0.05) is 12.1 Å². The van der Waals surface area contributed by atoms with Crippen molar-refractivity contribution >= 4 is 5.69 Å². The van der Waals surface area contributed by atoms with Crippen molar-refractivity contribution in [3.63, 3.8) is 0 Å². The molecule has 0 amide bonds. The highest BCUT2D eigenvalue weighted by Gasteiger charge is 2.09. The lowest BCUT2D eigenvalue weighted by molar-refractivity contribution is -0.384. The highest BCUT2D eigenvalue weighted by Crippen LogP contribution is 2.22. The van der Waals surface area contributed by atoms with Crippen molar-refractivity contribution in [2.24, 2.45) is 0 Å². The Kier molecular flexibility index (Phi) is 6.40. The van der Waals surface area contributed by atoms with E-state index in [1.54, 1.807) is 19.2 Å². The van der Waals surface area contributed by atoms with Crippen molar-refractivity contribution in [1.29, 1.82) is 0 Å². The van der Waals surface area contributed by atoms with Crippen LogP contribution >= 0.6 is 0 Å². The van der Waals surface area contributed by atoms with E-state index in [0.717, 1.165) is 22.4 Å². The van der Waals surface area contributed by atoms with Crippen LogP contribution in [0.1, 0.15) is 30.5 Å². The third-order valence-corrected chi connectivity index (χ3v) is 3.07. The zero-order valence-corrected chi connectivity index (χ0v) is 12.9. The maximum absolute atomic E-state index is 10.8. The fourth-order valence-corrected chi connectivity index (χ4v) is 1.96. The molecule has 4 nitrogen and oxygen atoms in total. The molecule has 4 heteroatoms. The number of benzene rings is 2. The van der Waals surface area contributed by atoms with Gasteiger partial charge in [0.2, 0.25) is 0 Å². The van der Waals surface area contributed by atoms with E-state index in [9.17, 15) is 10.1 Å². The summed E-state index contributed by atoms with van der Waals surface area (Å²) in [5.41, 5.74) is 3.21. The average Bonchev–Trinajstić information content (AvgIpc) is 2.51. The maximum atomic E-state index is 10.8. The molecule has 0 spiro atoms. The molecule has 0 N–H and O–H groups in total. The van der Waals surface area contributed by atoms with E-state index in [4.69, 9.17) is 4.74 Å². The molecule has 2 aromatic rings. The van der Waals surface area contributed by atoms with Gasteiger partial charge in [0.1, 0.15) is 5.75 Å². The van der Waals surface area contributed by atoms with Crippen LogP contribution in [0, 0.1) is 17.0 Å². The molecule has 0 atom stereocenters. The zero-order chi connectivity index (χ0) is 15.8. The van der Waals surface area contributed by atoms with E-state index < -0.39 is 0 Å². The first-order valence-electron chi connectivity index (χ1n) is 6.97. The molecule has 0 aliphatic heterocycles. The number of rotatable bonds is 4. The fraction of sp³-hybridized carbons (Fsp3) is 0.294. The molecule has 2 aromatic carbocycles. The van der Waals surface area contributed by atoms with Crippen LogP contribution in [0.2, 0.25) is 0 Å². The number of aryl methyl sites for hydroxylation is 1. The first-order chi connectivity index (χ1) is 10.1. The van der Waals surface area contributed by atoms with Gasteiger partial charge in [-0.25, -0.2) is 0 Å². The molecule has 0 saturated heterocycles. The topological polar surface area (TPSA) is 52.4 Å². The van der Waals surface area contributed by atoms with Gasteiger partial charge < -0.3 is 4.74 Å². The molecule has 0 bridgehead atoms. The Morgan fingerprint density at radius 1 is 1.14 bits per heavy atom. The van der Waals surface area contributed by atoms with E-state index in [1.165, 1.54) is 6.07 Å². The first-order valence-corrected chi connectivity index (χ1v) is 6.97. The highest BCUT2D eigenvalue weighted by molar-refractivity contribution is 5.42. The van der Waals surface area contributed by atoms with Gasteiger partial charge in [0.25, 0.3) is 5.69 Å². The second kappa shape index (κ2) is 8.04. The molecule has 0 heterocycles. The summed E-state index contributed by atoms with van der Waals surface area (Å²) < 4.78 is 5.18. The molecular formula is C17H21NO3. The Morgan fingerprint density at radius 3 is 2.48 bits per heavy atom. The first kappa shape index (κ1) is 16.7. The van der Waals surface area contributed by atoms with Gasteiger partial charge in [-0.3, -0.25) is 10.1 Å². The van der Waals surface area contributed by atoms with Crippen molar-refractivity contribution in [3.05, 3.63) is 69.3 Å². The van der Waals surface area contributed by atoms with Crippen molar-refractivity contribution in [2.45, 2.75) is 27.2 Å². The van der Waals surface area contributed by atoms with Gasteiger partial charge in [-0.15, -0.1) is 0 Å². The van der Waals surface area contributed by atoms with Crippen LogP contribution in [-0.2, 0) is 6.42 Å². The van der Waals surface area contributed by atoms with Crippen molar-refractivity contribution < 1.29 is 9.66 Å². The monoisotopic (exact) mass is 287 g/mol. The van der Waals surface area contributed by atoms with Gasteiger partial charge in [-0.1, -0.05) is 32.0 Å². The molecule has 0 radical (unpaired) electrons. The van der Waals surface area contributed by atoms with Gasteiger partial charge in [0.05, 0.1) is 12.0 Å². The molecule has 0 saturated carbocycles. The molecule has 0 unspecified atom stereocenters. The molecule has 0 aliphatic rings. The van der Waals surface area contributed by atoms with Gasteiger partial charge in [0.15, 0.2) is 0 Å². The molecular weight excluding hydrogens is 266 g/mol. The largest absolute Gasteiger partial charge is 0.497 e. The predicted molar refractivity (Wildman–Crippen MR) is 85.0 cm³/mol. The number of methoxy groups -OCH3 is 1. The Labute approximate surface area is 125 Å². The number of hydrogen-bond acceptors (Lipinski definition) is 3. The van der Waals surface area contributed by atoms with Crippen LogP contribution in [0.5, 0.6) is 5.75 Å². The van der Waals surface area contributed by atoms with Crippen LogP contribution in [0.15, 0.2) is 42.5 Å². The minimum atomic E-state index is -0.367. The third-order valence-electron chi connectivity index (χ3n) is 3.07. The molecule has 21 heavy (non-hydrogen) atoms. The highest BCUT2D eigenvalue weighted by atomic mass is 16.6. The molecule has 0 fully saturated rings. The fourth-order valence-electron chi connectivity index (χ4n) is 1.96. The standard InChI is InChI=1S/C15H15NO3.C2H6/c1-11-6-7-14(16(17)18)10-13(11)8-12-4-3-5-15(9-12)19-2;1-2/h3-7,9-10H,8H2,1-2H3;1-2H3. The zero-order valence-electron chi connectivity index (χ0n) is 12.9. The van der Waals surface area contributed by atoms with Crippen LogP contribution in [0.25, 0.3) is 0 Å². The minimum Gasteiger partial charge on any atom is -0.497 e. The van der Waals surface area contributed by atoms with E-state index in [0.29, 0.717) is 6.42 Å². The summed E-state index contributed by atoms with van der Waals surface area (Å²) in [6.45, 7) is 5.96. The maximum Gasteiger partial charge on any atom is 0.269 e. The number of non-ortho nitro benzene ring substituents is 1. The molecule has 0 aliphatic carbocycles. The van der Waals surface area contributed by atoms with E-state index in [-0.39, 0.29) is 10.6 Å². The summed E-state index contributed by atoms with van der Waals surface area (Å²) in [5, 5.41) is 10.8. The van der Waals surface area contributed by atoms with Crippen LogP contribution in [0.4, 0.5) is 5.69 Å². The van der Waals surface area contributed by atoms with Crippen molar-refractivity contribution in [2.75, 3.05) is 7.11 Å². The number of hydrogen-bond donors (Lipinski definition) is 0. The van der Waals surface area contributed by atoms with Gasteiger partial charge >= 0.3 is 0 Å². The summed E-state index contributed by atoms with van der Waals surface area (Å²) in [6, 6.07) is 12.7. The number of nitrogens with zero attached hydrogens (tertiary/aromatic N) is 1.